The molecule has 0 atom stereocenters. The first kappa shape index (κ1) is 14.2. The Balaban J connectivity index is 2.29. The first-order chi connectivity index (χ1) is 9.01. The van der Waals surface area contributed by atoms with Crippen molar-refractivity contribution < 1.29 is 13.9 Å². The number of rotatable bonds is 3. The van der Waals surface area contributed by atoms with Crippen molar-refractivity contribution in [1.29, 1.82) is 0 Å². The van der Waals surface area contributed by atoms with Gasteiger partial charge in [-0.2, -0.15) is 0 Å². The fourth-order valence-corrected chi connectivity index (χ4v) is 2.74. The zero-order valence-corrected chi connectivity index (χ0v) is 12.7. The van der Waals surface area contributed by atoms with E-state index in [4.69, 9.17) is 11.6 Å². The van der Waals surface area contributed by atoms with Gasteiger partial charge in [-0.1, -0.05) is 22.9 Å². The number of halogens is 3. The van der Waals surface area contributed by atoms with E-state index < -0.39 is 5.97 Å². The van der Waals surface area contributed by atoms with Crippen molar-refractivity contribution in [3.05, 3.63) is 38.5 Å². The van der Waals surface area contributed by atoms with Crippen LogP contribution in [0.25, 0.3) is 0 Å². The monoisotopic (exact) mass is 364 g/mol. The molecule has 0 radical (unpaired) electrons. The second-order valence-corrected chi connectivity index (χ2v) is 5.59. The molecule has 100 valence electrons. The molecule has 2 aromatic rings. The SMILES string of the molecule is COC(=O)c1sc(Nc2cc(F)ccc2Br)nc1Cl. The lowest BCUT2D eigenvalue weighted by molar-refractivity contribution is 0.0606. The lowest BCUT2D eigenvalue weighted by Gasteiger charge is -2.04. The van der Waals surface area contributed by atoms with Crippen molar-refractivity contribution in [1.82, 2.24) is 4.98 Å². The molecule has 0 aliphatic rings. The number of benzene rings is 1. The highest BCUT2D eigenvalue weighted by molar-refractivity contribution is 9.10. The molecule has 0 aliphatic heterocycles. The van der Waals surface area contributed by atoms with Crippen LogP contribution in [-0.2, 0) is 4.74 Å². The number of hydrogen-bond acceptors (Lipinski definition) is 5. The normalized spacial score (nSPS) is 10.3. The average Bonchev–Trinajstić information content (AvgIpc) is 2.74. The minimum atomic E-state index is -0.561. The molecule has 1 heterocycles. The molecular formula is C11H7BrClFN2O2S. The summed E-state index contributed by atoms with van der Waals surface area (Å²) < 4.78 is 18.4. The van der Waals surface area contributed by atoms with Crippen LogP contribution in [0, 0.1) is 5.82 Å². The summed E-state index contributed by atoms with van der Waals surface area (Å²) in [5, 5.41) is 3.30. The number of anilines is 2. The fraction of sp³-hybridized carbons (Fsp3) is 0.0909. The number of nitrogens with zero attached hydrogens (tertiary/aromatic N) is 1. The highest BCUT2D eigenvalue weighted by Gasteiger charge is 2.17. The molecule has 1 aromatic heterocycles. The van der Waals surface area contributed by atoms with Gasteiger partial charge in [0.25, 0.3) is 0 Å². The van der Waals surface area contributed by atoms with Crippen LogP contribution in [0.15, 0.2) is 22.7 Å². The van der Waals surface area contributed by atoms with Crippen LogP contribution in [0.3, 0.4) is 0 Å². The van der Waals surface area contributed by atoms with Crippen LogP contribution in [-0.4, -0.2) is 18.1 Å². The lowest BCUT2D eigenvalue weighted by Crippen LogP contribution is -1.98. The van der Waals surface area contributed by atoms with Crippen LogP contribution in [0.5, 0.6) is 0 Å². The van der Waals surface area contributed by atoms with E-state index in [1.807, 2.05) is 0 Å². The van der Waals surface area contributed by atoms with Gasteiger partial charge in [-0.05, 0) is 34.1 Å². The number of aromatic nitrogens is 1. The van der Waals surface area contributed by atoms with Crippen molar-refractivity contribution in [3.8, 4) is 0 Å². The second-order valence-electron chi connectivity index (χ2n) is 3.38. The number of carbonyl (C=O) groups is 1. The molecule has 2 rings (SSSR count). The molecule has 19 heavy (non-hydrogen) atoms. The quantitative estimate of drug-likeness (QED) is 0.827. The smallest absolute Gasteiger partial charge is 0.351 e. The molecule has 0 spiro atoms. The molecule has 0 unspecified atom stereocenters. The first-order valence-electron chi connectivity index (χ1n) is 4.98. The summed E-state index contributed by atoms with van der Waals surface area (Å²) in [5.74, 6) is -0.949. The molecule has 1 N–H and O–H groups in total. The third kappa shape index (κ3) is 3.23. The summed E-state index contributed by atoms with van der Waals surface area (Å²) in [6.45, 7) is 0. The summed E-state index contributed by atoms with van der Waals surface area (Å²) in [5.41, 5.74) is 0.488. The first-order valence-corrected chi connectivity index (χ1v) is 6.96. The van der Waals surface area contributed by atoms with E-state index in [0.717, 1.165) is 11.3 Å². The summed E-state index contributed by atoms with van der Waals surface area (Å²) >= 11 is 10.1. The van der Waals surface area contributed by atoms with Gasteiger partial charge in [0.1, 0.15) is 5.82 Å². The Kier molecular flexibility index (Phi) is 4.38. The van der Waals surface area contributed by atoms with Crippen molar-refractivity contribution in [2.24, 2.45) is 0 Å². The Hall–Kier alpha value is -1.18. The van der Waals surface area contributed by atoms with E-state index in [2.05, 4.69) is 31.0 Å². The minimum Gasteiger partial charge on any atom is -0.465 e. The highest BCUT2D eigenvalue weighted by atomic mass is 79.9. The Bertz CT molecular complexity index is 635. The van der Waals surface area contributed by atoms with E-state index in [1.165, 1.54) is 19.2 Å². The minimum absolute atomic E-state index is 0.0480. The molecule has 8 heteroatoms. The van der Waals surface area contributed by atoms with Gasteiger partial charge in [-0.15, -0.1) is 0 Å². The maximum absolute atomic E-state index is 13.1. The molecule has 0 fully saturated rings. The zero-order valence-electron chi connectivity index (χ0n) is 9.54. The van der Waals surface area contributed by atoms with Gasteiger partial charge in [0.2, 0.25) is 0 Å². The van der Waals surface area contributed by atoms with E-state index in [0.29, 0.717) is 15.3 Å². The van der Waals surface area contributed by atoms with E-state index in [1.54, 1.807) is 6.07 Å². The highest BCUT2D eigenvalue weighted by Crippen LogP contribution is 2.32. The van der Waals surface area contributed by atoms with Gasteiger partial charge < -0.3 is 10.1 Å². The maximum Gasteiger partial charge on any atom is 0.351 e. The third-order valence-electron chi connectivity index (χ3n) is 2.13. The second kappa shape index (κ2) is 5.85. The van der Waals surface area contributed by atoms with E-state index >= 15 is 0 Å². The molecule has 0 saturated carbocycles. The molecule has 0 aliphatic carbocycles. The Labute approximate surface area is 125 Å². The van der Waals surface area contributed by atoms with Crippen molar-refractivity contribution in [2.45, 2.75) is 0 Å². The molecule has 0 amide bonds. The van der Waals surface area contributed by atoms with Gasteiger partial charge in [0, 0.05) is 4.47 Å². The zero-order chi connectivity index (χ0) is 14.0. The van der Waals surface area contributed by atoms with Crippen LogP contribution in [0.2, 0.25) is 5.15 Å². The van der Waals surface area contributed by atoms with Gasteiger partial charge >= 0.3 is 5.97 Å². The predicted octanol–water partition coefficient (Wildman–Crippen LogP) is 4.23. The maximum atomic E-state index is 13.1. The Morgan fingerprint density at radius 3 is 3.00 bits per heavy atom. The third-order valence-corrected chi connectivity index (χ3v) is 4.15. The summed E-state index contributed by atoms with van der Waals surface area (Å²) in [4.78, 5) is 15.6. The van der Waals surface area contributed by atoms with Gasteiger partial charge in [0.15, 0.2) is 15.2 Å². The number of nitrogens with one attached hydrogen (secondary N) is 1. The van der Waals surface area contributed by atoms with Crippen molar-refractivity contribution in [3.63, 3.8) is 0 Å². The average molecular weight is 366 g/mol. The number of esters is 1. The standard InChI is InChI=1S/C11H7BrClFN2O2S/c1-18-10(17)8-9(13)16-11(19-8)15-7-4-5(14)2-3-6(7)12/h2-4H,1H3,(H,15,16). The fourth-order valence-electron chi connectivity index (χ4n) is 1.28. The van der Waals surface area contributed by atoms with Gasteiger partial charge in [0.05, 0.1) is 12.8 Å². The number of thiazole rings is 1. The van der Waals surface area contributed by atoms with Crippen molar-refractivity contribution >= 4 is 55.7 Å². The summed E-state index contributed by atoms with van der Waals surface area (Å²) in [6.07, 6.45) is 0. The Morgan fingerprint density at radius 2 is 2.32 bits per heavy atom. The Morgan fingerprint density at radius 1 is 1.58 bits per heavy atom. The molecule has 4 nitrogen and oxygen atoms in total. The van der Waals surface area contributed by atoms with E-state index in [9.17, 15) is 9.18 Å². The van der Waals surface area contributed by atoms with Gasteiger partial charge in [-0.25, -0.2) is 14.2 Å². The molecular weight excluding hydrogens is 359 g/mol. The number of ether oxygens (including phenoxy) is 1. The van der Waals surface area contributed by atoms with Crippen LogP contribution >= 0.6 is 38.9 Å². The lowest BCUT2D eigenvalue weighted by atomic mass is 10.3. The summed E-state index contributed by atoms with van der Waals surface area (Å²) in [6, 6.07) is 4.19. The largest absolute Gasteiger partial charge is 0.465 e. The van der Waals surface area contributed by atoms with Crippen molar-refractivity contribution in [2.75, 3.05) is 12.4 Å². The van der Waals surface area contributed by atoms with Crippen LogP contribution in [0.1, 0.15) is 9.67 Å². The van der Waals surface area contributed by atoms with Crippen LogP contribution < -0.4 is 5.32 Å². The molecule has 0 saturated heterocycles. The molecule has 1 aromatic carbocycles. The number of carbonyl (C=O) groups excluding carboxylic acids is 1. The predicted molar refractivity (Wildman–Crippen MR) is 75.8 cm³/mol. The number of methoxy groups -OCH3 is 1. The van der Waals surface area contributed by atoms with Crippen LogP contribution in [0.4, 0.5) is 15.2 Å². The summed E-state index contributed by atoms with van der Waals surface area (Å²) in [7, 11) is 1.26. The van der Waals surface area contributed by atoms with E-state index in [-0.39, 0.29) is 15.8 Å². The molecule has 0 bridgehead atoms. The number of hydrogen-bond donors (Lipinski definition) is 1. The van der Waals surface area contributed by atoms with Gasteiger partial charge in [-0.3, -0.25) is 0 Å². The topological polar surface area (TPSA) is 51.2 Å².